The van der Waals surface area contributed by atoms with Gasteiger partial charge in [0.1, 0.15) is 12.0 Å². The molecular weight excluding hydrogens is 312 g/mol. The Hall–Kier alpha value is -2.99. The Morgan fingerprint density at radius 1 is 1.36 bits per heavy atom. The molecule has 0 saturated carbocycles. The lowest BCUT2D eigenvalue weighted by Crippen LogP contribution is -2.45. The summed E-state index contributed by atoms with van der Waals surface area (Å²) in [4.78, 5) is 4.62. The van der Waals surface area contributed by atoms with Gasteiger partial charge < -0.3 is 16.0 Å². The van der Waals surface area contributed by atoms with Crippen molar-refractivity contribution < 1.29 is 0 Å². The maximum atomic E-state index is 5.62. The zero-order chi connectivity index (χ0) is 17.9. The quantitative estimate of drug-likeness (QED) is 0.313. The van der Waals surface area contributed by atoms with E-state index in [0.717, 1.165) is 30.0 Å². The number of hydrogen-bond acceptors (Lipinski definition) is 6. The number of nitrogens with one attached hydrogen (secondary N) is 4. The van der Waals surface area contributed by atoms with Gasteiger partial charge in [0.2, 0.25) is 5.96 Å². The lowest BCUT2D eigenvalue weighted by molar-refractivity contribution is 0.661. The summed E-state index contributed by atoms with van der Waals surface area (Å²) in [5, 5.41) is 9.89. The number of hydrogen-bond donors (Lipinski definition) is 5. The van der Waals surface area contributed by atoms with E-state index in [1.165, 1.54) is 0 Å². The summed E-state index contributed by atoms with van der Waals surface area (Å²) >= 11 is 0. The third-order valence-electron chi connectivity index (χ3n) is 3.49. The van der Waals surface area contributed by atoms with Crippen LogP contribution in [0.1, 0.15) is 19.8 Å². The fourth-order valence-corrected chi connectivity index (χ4v) is 2.40. The van der Waals surface area contributed by atoms with Crippen LogP contribution in [0.15, 0.2) is 83.8 Å². The highest BCUT2D eigenvalue weighted by molar-refractivity contribution is 5.81. The summed E-state index contributed by atoms with van der Waals surface area (Å²) in [6.07, 6.45) is 11.3. The highest BCUT2D eigenvalue weighted by Crippen LogP contribution is 2.13. The number of allylic oxidation sites excluding steroid dienone is 5. The first-order valence-corrected chi connectivity index (χ1v) is 8.30. The Morgan fingerprint density at radius 3 is 2.84 bits per heavy atom. The van der Waals surface area contributed by atoms with Crippen LogP contribution in [0.4, 0.5) is 5.69 Å². The van der Waals surface area contributed by atoms with Crippen molar-refractivity contribution in [3.8, 4) is 0 Å². The highest BCUT2D eigenvalue weighted by Gasteiger charge is 2.12. The molecule has 1 aliphatic heterocycles. The number of para-hydroxylation sites is 1. The Balaban J connectivity index is 2.08. The number of aliphatic imine (C=N–C) groups is 1. The second kappa shape index (κ2) is 10.00. The van der Waals surface area contributed by atoms with E-state index in [1.54, 1.807) is 6.08 Å². The van der Waals surface area contributed by atoms with Crippen LogP contribution in [-0.4, -0.2) is 12.1 Å². The molecule has 0 aliphatic carbocycles. The summed E-state index contributed by atoms with van der Waals surface area (Å²) < 4.78 is 0. The molecule has 0 bridgehead atoms. The molecule has 1 aromatic rings. The smallest absolute Gasteiger partial charge is 0.213 e. The number of nitrogens with two attached hydrogens (primary N) is 1. The number of hydrazine groups is 1. The lowest BCUT2D eigenvalue weighted by atomic mass is 10.2. The maximum Gasteiger partial charge on any atom is 0.213 e. The molecule has 2 rings (SSSR count). The van der Waals surface area contributed by atoms with Crippen LogP contribution in [0.3, 0.4) is 0 Å². The van der Waals surface area contributed by atoms with E-state index in [1.807, 2.05) is 55.5 Å². The SMILES string of the molecule is C=C/C=C(\C=C/C)NC1=CCCC(Nc2ccccc2)N=C(NN)N1. The fourth-order valence-electron chi connectivity index (χ4n) is 2.40. The minimum atomic E-state index is -0.0718. The first-order valence-electron chi connectivity index (χ1n) is 8.30. The molecular formula is C19H26N6. The normalized spacial score (nSPS) is 18.3. The molecule has 1 aliphatic rings. The molecule has 1 atom stereocenters. The predicted molar refractivity (Wildman–Crippen MR) is 105 cm³/mol. The topological polar surface area (TPSA) is 86.5 Å². The third-order valence-corrected chi connectivity index (χ3v) is 3.49. The standard InChI is InChI=1S/C19H26N6/c1-3-9-15(10-4-2)21-17-13-8-14-18(24-19(23-17)25-20)22-16-11-6-5-7-12-16/h3-7,9-13,18,21-22H,1,8,14,20H2,2H3,(H2,23,24,25)/b10-4-,15-9+,17-13?. The second-order valence-corrected chi connectivity index (χ2v) is 5.45. The molecule has 0 amide bonds. The van der Waals surface area contributed by atoms with Gasteiger partial charge in [0.15, 0.2) is 0 Å². The van der Waals surface area contributed by atoms with Crippen LogP contribution in [0, 0.1) is 0 Å². The van der Waals surface area contributed by atoms with Crippen LogP contribution in [0.25, 0.3) is 0 Å². The van der Waals surface area contributed by atoms with Gasteiger partial charge in [-0.2, -0.15) is 0 Å². The summed E-state index contributed by atoms with van der Waals surface area (Å²) in [5.74, 6) is 6.93. The average molecular weight is 338 g/mol. The van der Waals surface area contributed by atoms with Crippen molar-refractivity contribution in [1.29, 1.82) is 0 Å². The fraction of sp³-hybridized carbons (Fsp3) is 0.211. The zero-order valence-electron chi connectivity index (χ0n) is 14.5. The summed E-state index contributed by atoms with van der Waals surface area (Å²) in [5.41, 5.74) is 4.57. The number of rotatable bonds is 6. The van der Waals surface area contributed by atoms with Gasteiger partial charge in [-0.15, -0.1) is 0 Å². The summed E-state index contributed by atoms with van der Waals surface area (Å²) in [6.45, 7) is 5.70. The highest BCUT2D eigenvalue weighted by atomic mass is 15.4. The number of nitrogens with zero attached hydrogens (tertiary/aromatic N) is 1. The number of anilines is 1. The van der Waals surface area contributed by atoms with Gasteiger partial charge in [-0.1, -0.05) is 36.9 Å². The van der Waals surface area contributed by atoms with Gasteiger partial charge in [0.25, 0.3) is 0 Å². The first-order chi connectivity index (χ1) is 12.2. The van der Waals surface area contributed by atoms with Crippen molar-refractivity contribution in [1.82, 2.24) is 16.1 Å². The zero-order valence-corrected chi connectivity index (χ0v) is 14.5. The van der Waals surface area contributed by atoms with Crippen LogP contribution >= 0.6 is 0 Å². The van der Waals surface area contributed by atoms with Crippen LogP contribution < -0.4 is 27.2 Å². The Kier molecular flexibility index (Phi) is 7.34. The van der Waals surface area contributed by atoms with Crippen molar-refractivity contribution in [2.75, 3.05) is 5.32 Å². The van der Waals surface area contributed by atoms with E-state index in [9.17, 15) is 0 Å². The molecule has 6 heteroatoms. The molecule has 1 heterocycles. The van der Waals surface area contributed by atoms with Gasteiger partial charge in [-0.3, -0.25) is 5.43 Å². The van der Waals surface area contributed by atoms with E-state index in [-0.39, 0.29) is 6.17 Å². The van der Waals surface area contributed by atoms with Gasteiger partial charge in [0, 0.05) is 11.4 Å². The van der Waals surface area contributed by atoms with Gasteiger partial charge in [-0.05, 0) is 50.1 Å². The van der Waals surface area contributed by atoms with E-state index >= 15 is 0 Å². The molecule has 1 unspecified atom stereocenters. The largest absolute Gasteiger partial charge is 0.364 e. The van der Waals surface area contributed by atoms with Crippen molar-refractivity contribution in [3.63, 3.8) is 0 Å². The summed E-state index contributed by atoms with van der Waals surface area (Å²) in [7, 11) is 0. The number of guanidine groups is 1. The van der Waals surface area contributed by atoms with E-state index in [4.69, 9.17) is 5.84 Å². The van der Waals surface area contributed by atoms with Crippen molar-refractivity contribution >= 4 is 11.6 Å². The average Bonchev–Trinajstić information content (AvgIpc) is 2.60. The molecule has 6 N–H and O–H groups in total. The molecule has 0 saturated heterocycles. The first kappa shape index (κ1) is 18.4. The van der Waals surface area contributed by atoms with Crippen molar-refractivity contribution in [2.45, 2.75) is 25.9 Å². The third kappa shape index (κ3) is 6.19. The monoisotopic (exact) mass is 338 g/mol. The molecule has 6 nitrogen and oxygen atoms in total. The number of benzene rings is 1. The molecule has 0 spiro atoms. The minimum absolute atomic E-state index is 0.0718. The Bertz CT molecular complexity index is 672. The minimum Gasteiger partial charge on any atom is -0.364 e. The van der Waals surface area contributed by atoms with E-state index in [2.05, 4.69) is 39.0 Å². The van der Waals surface area contributed by atoms with Crippen molar-refractivity contribution in [2.24, 2.45) is 10.8 Å². The Labute approximate surface area is 149 Å². The van der Waals surface area contributed by atoms with Crippen LogP contribution in [-0.2, 0) is 0 Å². The molecule has 132 valence electrons. The van der Waals surface area contributed by atoms with Gasteiger partial charge in [-0.25, -0.2) is 10.8 Å². The van der Waals surface area contributed by atoms with Crippen LogP contribution in [0.5, 0.6) is 0 Å². The van der Waals surface area contributed by atoms with Crippen LogP contribution in [0.2, 0.25) is 0 Å². The van der Waals surface area contributed by atoms with Crippen molar-refractivity contribution in [3.05, 3.63) is 78.8 Å². The van der Waals surface area contributed by atoms with E-state index < -0.39 is 0 Å². The second-order valence-electron chi connectivity index (χ2n) is 5.45. The molecule has 0 fully saturated rings. The molecule has 25 heavy (non-hydrogen) atoms. The molecule has 0 radical (unpaired) electrons. The predicted octanol–water partition coefficient (Wildman–Crippen LogP) is 2.70. The summed E-state index contributed by atoms with van der Waals surface area (Å²) in [6, 6.07) is 10.0. The van der Waals surface area contributed by atoms with Gasteiger partial charge >= 0.3 is 0 Å². The molecule has 0 aromatic heterocycles. The van der Waals surface area contributed by atoms with E-state index in [0.29, 0.717) is 5.96 Å². The lowest BCUT2D eigenvalue weighted by Gasteiger charge is -2.22. The Morgan fingerprint density at radius 2 is 2.16 bits per heavy atom. The van der Waals surface area contributed by atoms with Gasteiger partial charge in [0.05, 0.1) is 0 Å². The molecule has 1 aromatic carbocycles. The maximum absolute atomic E-state index is 5.62.